The molecule has 3 aromatic rings. The maximum atomic E-state index is 5.44. The SMILES string of the molecule is Cc1cccc(Nc2nc(Nc3ccccc3)nc(N3CCOCC3)n2)c1.Cl. The van der Waals surface area contributed by atoms with Crippen molar-refractivity contribution in [3.8, 4) is 0 Å². The fourth-order valence-electron chi connectivity index (χ4n) is 2.88. The number of nitrogens with zero attached hydrogens (tertiary/aromatic N) is 4. The molecule has 0 saturated carbocycles. The van der Waals surface area contributed by atoms with E-state index in [1.165, 1.54) is 5.56 Å². The first-order valence-electron chi connectivity index (χ1n) is 9.01. The van der Waals surface area contributed by atoms with Gasteiger partial charge in [-0.05, 0) is 36.8 Å². The van der Waals surface area contributed by atoms with Gasteiger partial charge in [0, 0.05) is 24.5 Å². The molecule has 1 aliphatic heterocycles. The molecule has 0 atom stereocenters. The lowest BCUT2D eigenvalue weighted by Crippen LogP contribution is -2.37. The molecule has 0 radical (unpaired) electrons. The Morgan fingerprint density at radius 3 is 2.14 bits per heavy atom. The van der Waals surface area contributed by atoms with E-state index in [0.29, 0.717) is 31.1 Å². The minimum Gasteiger partial charge on any atom is -0.378 e. The Balaban J connectivity index is 0.00000225. The summed E-state index contributed by atoms with van der Waals surface area (Å²) >= 11 is 0. The average Bonchev–Trinajstić information content (AvgIpc) is 2.69. The second kappa shape index (κ2) is 9.34. The molecule has 8 heteroatoms. The zero-order chi connectivity index (χ0) is 18.5. The Morgan fingerprint density at radius 2 is 1.46 bits per heavy atom. The monoisotopic (exact) mass is 398 g/mol. The lowest BCUT2D eigenvalue weighted by atomic mass is 10.2. The number of halogens is 1. The Hall–Kier alpha value is -2.90. The highest BCUT2D eigenvalue weighted by molar-refractivity contribution is 5.85. The van der Waals surface area contributed by atoms with Gasteiger partial charge >= 0.3 is 0 Å². The summed E-state index contributed by atoms with van der Waals surface area (Å²) < 4.78 is 5.44. The molecule has 0 unspecified atom stereocenters. The zero-order valence-electron chi connectivity index (χ0n) is 15.6. The number of aromatic nitrogens is 3. The van der Waals surface area contributed by atoms with Gasteiger partial charge in [0.25, 0.3) is 0 Å². The van der Waals surface area contributed by atoms with E-state index in [0.717, 1.165) is 24.5 Å². The van der Waals surface area contributed by atoms with Crippen LogP contribution in [0.3, 0.4) is 0 Å². The van der Waals surface area contributed by atoms with Gasteiger partial charge in [-0.3, -0.25) is 0 Å². The number of rotatable bonds is 5. The topological polar surface area (TPSA) is 75.2 Å². The van der Waals surface area contributed by atoms with Crippen LogP contribution in [0.5, 0.6) is 0 Å². The van der Waals surface area contributed by atoms with Crippen LogP contribution in [-0.2, 0) is 4.74 Å². The molecule has 0 amide bonds. The molecule has 146 valence electrons. The lowest BCUT2D eigenvalue weighted by Gasteiger charge is -2.27. The van der Waals surface area contributed by atoms with Gasteiger partial charge in [0.2, 0.25) is 17.8 Å². The van der Waals surface area contributed by atoms with Gasteiger partial charge in [0.1, 0.15) is 0 Å². The zero-order valence-corrected chi connectivity index (χ0v) is 16.4. The molecule has 1 saturated heterocycles. The van der Waals surface area contributed by atoms with Crippen LogP contribution in [0, 0.1) is 6.92 Å². The summed E-state index contributed by atoms with van der Waals surface area (Å²) in [6, 6.07) is 18.0. The number of benzene rings is 2. The lowest BCUT2D eigenvalue weighted by molar-refractivity contribution is 0.122. The van der Waals surface area contributed by atoms with Gasteiger partial charge < -0.3 is 20.3 Å². The summed E-state index contributed by atoms with van der Waals surface area (Å²) in [6.07, 6.45) is 0. The van der Waals surface area contributed by atoms with E-state index in [-0.39, 0.29) is 12.4 Å². The van der Waals surface area contributed by atoms with E-state index in [1.54, 1.807) is 0 Å². The van der Waals surface area contributed by atoms with Gasteiger partial charge in [0.05, 0.1) is 13.2 Å². The Bertz CT molecular complexity index is 902. The molecule has 7 nitrogen and oxygen atoms in total. The number of ether oxygens (including phenoxy) is 1. The highest BCUT2D eigenvalue weighted by Crippen LogP contribution is 2.21. The normalized spacial score (nSPS) is 13.5. The third kappa shape index (κ3) is 5.09. The second-order valence-corrected chi connectivity index (χ2v) is 6.37. The summed E-state index contributed by atoms with van der Waals surface area (Å²) in [7, 11) is 0. The van der Waals surface area contributed by atoms with Crippen LogP contribution in [-0.4, -0.2) is 41.3 Å². The number of hydrogen-bond acceptors (Lipinski definition) is 7. The van der Waals surface area contributed by atoms with E-state index >= 15 is 0 Å². The van der Waals surface area contributed by atoms with Crippen LogP contribution >= 0.6 is 12.4 Å². The van der Waals surface area contributed by atoms with E-state index in [4.69, 9.17) is 4.74 Å². The summed E-state index contributed by atoms with van der Waals surface area (Å²) in [5.74, 6) is 1.66. The molecular weight excluding hydrogens is 376 g/mol. The molecule has 2 aromatic carbocycles. The third-order valence-electron chi connectivity index (χ3n) is 4.22. The van der Waals surface area contributed by atoms with Crippen molar-refractivity contribution in [2.24, 2.45) is 0 Å². The van der Waals surface area contributed by atoms with Gasteiger partial charge in [-0.1, -0.05) is 30.3 Å². The fraction of sp³-hybridized carbons (Fsp3) is 0.250. The first-order valence-corrected chi connectivity index (χ1v) is 9.01. The molecule has 0 spiro atoms. The van der Waals surface area contributed by atoms with Crippen molar-refractivity contribution in [3.05, 3.63) is 60.2 Å². The highest BCUT2D eigenvalue weighted by atomic mass is 35.5. The van der Waals surface area contributed by atoms with Crippen LogP contribution in [0.15, 0.2) is 54.6 Å². The molecule has 1 aromatic heterocycles. The van der Waals surface area contributed by atoms with Crippen molar-refractivity contribution < 1.29 is 4.74 Å². The number of aryl methyl sites for hydroxylation is 1. The predicted molar refractivity (Wildman–Crippen MR) is 114 cm³/mol. The van der Waals surface area contributed by atoms with Gasteiger partial charge in [-0.2, -0.15) is 15.0 Å². The molecule has 2 heterocycles. The first-order chi connectivity index (χ1) is 13.3. The van der Waals surface area contributed by atoms with E-state index in [1.807, 2.05) is 42.5 Å². The van der Waals surface area contributed by atoms with Gasteiger partial charge in [-0.15, -0.1) is 12.4 Å². The van der Waals surface area contributed by atoms with Crippen molar-refractivity contribution in [2.45, 2.75) is 6.92 Å². The summed E-state index contributed by atoms with van der Waals surface area (Å²) in [5, 5.41) is 6.55. The third-order valence-corrected chi connectivity index (χ3v) is 4.22. The summed E-state index contributed by atoms with van der Waals surface area (Å²) in [5.41, 5.74) is 3.04. The first kappa shape index (κ1) is 19.9. The van der Waals surface area contributed by atoms with Crippen molar-refractivity contribution in [2.75, 3.05) is 41.8 Å². The van der Waals surface area contributed by atoms with Crippen LogP contribution in [0.2, 0.25) is 0 Å². The van der Waals surface area contributed by atoms with E-state index < -0.39 is 0 Å². The number of para-hydroxylation sites is 1. The van der Waals surface area contributed by atoms with Crippen LogP contribution in [0.1, 0.15) is 5.56 Å². The van der Waals surface area contributed by atoms with E-state index in [2.05, 4.69) is 49.5 Å². The average molecular weight is 399 g/mol. The summed E-state index contributed by atoms with van der Waals surface area (Å²) in [6.45, 7) is 4.93. The number of anilines is 5. The number of hydrogen-bond donors (Lipinski definition) is 2. The molecule has 0 bridgehead atoms. The standard InChI is InChI=1S/C20H22N6O.ClH/c1-15-6-5-9-17(14-15)22-19-23-18(21-16-7-3-2-4-8-16)24-20(25-19)26-10-12-27-13-11-26;/h2-9,14H,10-13H2,1H3,(H2,21,22,23,24,25);1H. The van der Waals surface area contributed by atoms with Crippen LogP contribution in [0.4, 0.5) is 29.2 Å². The molecule has 1 fully saturated rings. The Labute approximate surface area is 170 Å². The molecule has 2 N–H and O–H groups in total. The quantitative estimate of drug-likeness (QED) is 0.674. The minimum atomic E-state index is 0. The van der Waals surface area contributed by atoms with Crippen molar-refractivity contribution in [1.82, 2.24) is 15.0 Å². The Kier molecular flexibility index (Phi) is 6.62. The van der Waals surface area contributed by atoms with Crippen molar-refractivity contribution in [1.29, 1.82) is 0 Å². The van der Waals surface area contributed by atoms with E-state index in [9.17, 15) is 0 Å². The maximum Gasteiger partial charge on any atom is 0.233 e. The molecular formula is C20H23ClN6O. The molecule has 0 aliphatic carbocycles. The number of morpholine rings is 1. The van der Waals surface area contributed by atoms with Crippen LogP contribution < -0.4 is 15.5 Å². The maximum absolute atomic E-state index is 5.44. The molecule has 28 heavy (non-hydrogen) atoms. The molecule has 1 aliphatic rings. The largest absolute Gasteiger partial charge is 0.378 e. The number of nitrogens with one attached hydrogen (secondary N) is 2. The van der Waals surface area contributed by atoms with Gasteiger partial charge in [-0.25, -0.2) is 0 Å². The second-order valence-electron chi connectivity index (χ2n) is 6.37. The minimum absolute atomic E-state index is 0. The van der Waals surface area contributed by atoms with Crippen molar-refractivity contribution in [3.63, 3.8) is 0 Å². The van der Waals surface area contributed by atoms with Crippen LogP contribution in [0.25, 0.3) is 0 Å². The smallest absolute Gasteiger partial charge is 0.233 e. The predicted octanol–water partition coefficient (Wildman–Crippen LogP) is 3.93. The van der Waals surface area contributed by atoms with Crippen molar-refractivity contribution >= 4 is 41.6 Å². The Morgan fingerprint density at radius 1 is 0.821 bits per heavy atom. The van der Waals surface area contributed by atoms with Gasteiger partial charge in [0.15, 0.2) is 0 Å². The fourth-order valence-corrected chi connectivity index (χ4v) is 2.88. The molecule has 4 rings (SSSR count). The highest BCUT2D eigenvalue weighted by Gasteiger charge is 2.17. The summed E-state index contributed by atoms with van der Waals surface area (Å²) in [4.78, 5) is 15.9.